The number of aliphatic hydroxyl groups excluding tert-OH is 1. The van der Waals surface area contributed by atoms with Gasteiger partial charge in [0.1, 0.15) is 5.76 Å². The molecule has 0 unspecified atom stereocenters. The van der Waals surface area contributed by atoms with Gasteiger partial charge in [-0.25, -0.2) is 0 Å². The van der Waals surface area contributed by atoms with Crippen LogP contribution in [0.4, 0.5) is 0 Å². The summed E-state index contributed by atoms with van der Waals surface area (Å²) >= 11 is 0. The summed E-state index contributed by atoms with van der Waals surface area (Å²) in [6.45, 7) is 0. The molecular weight excluding hydrogens is 90.1 g/mol. The predicted molar refractivity (Wildman–Crippen MR) is 24.5 cm³/mol. The van der Waals surface area contributed by atoms with Gasteiger partial charge in [-0.2, -0.15) is 5.26 Å². The average molecular weight is 95.1 g/mol. The molecular formula is C5H5NO. The first-order chi connectivity index (χ1) is 3.34. The number of rotatable bonds is 0. The van der Waals surface area contributed by atoms with Crippen molar-refractivity contribution in [2.45, 2.75) is 12.8 Å². The second-order valence-corrected chi connectivity index (χ2v) is 1.54. The van der Waals surface area contributed by atoms with Gasteiger partial charge in [-0.3, -0.25) is 0 Å². The quantitative estimate of drug-likeness (QED) is 0.489. The zero-order valence-corrected chi connectivity index (χ0v) is 3.81. The number of aliphatic hydroxyl groups is 1. The fraction of sp³-hybridized carbons (Fsp3) is 0.400. The van der Waals surface area contributed by atoms with Crippen LogP contribution in [0.1, 0.15) is 12.8 Å². The van der Waals surface area contributed by atoms with E-state index >= 15 is 0 Å². The number of nitrogens with zero attached hydrogens (tertiary/aromatic N) is 1. The Morgan fingerprint density at radius 1 is 1.57 bits per heavy atom. The molecule has 0 aromatic carbocycles. The molecule has 7 heavy (non-hydrogen) atoms. The monoisotopic (exact) mass is 95.0 g/mol. The zero-order valence-electron chi connectivity index (χ0n) is 3.81. The molecule has 0 spiro atoms. The van der Waals surface area contributed by atoms with Gasteiger partial charge in [-0.1, -0.05) is 0 Å². The van der Waals surface area contributed by atoms with Gasteiger partial charge in [-0.05, 0) is 6.42 Å². The van der Waals surface area contributed by atoms with Crippen molar-refractivity contribution in [1.82, 2.24) is 0 Å². The predicted octanol–water partition coefficient (Wildman–Crippen LogP) is 1.12. The van der Waals surface area contributed by atoms with Crippen molar-refractivity contribution in [2.24, 2.45) is 0 Å². The van der Waals surface area contributed by atoms with Gasteiger partial charge < -0.3 is 5.11 Å². The van der Waals surface area contributed by atoms with E-state index in [-0.39, 0.29) is 5.76 Å². The molecule has 2 nitrogen and oxygen atoms in total. The van der Waals surface area contributed by atoms with E-state index in [1.807, 2.05) is 6.07 Å². The minimum Gasteiger partial charge on any atom is -0.511 e. The maximum Gasteiger partial charge on any atom is 0.106 e. The molecule has 0 atom stereocenters. The average Bonchev–Trinajstić information content (AvgIpc) is 1.65. The molecule has 1 rings (SSSR count). The highest BCUT2D eigenvalue weighted by atomic mass is 16.3. The van der Waals surface area contributed by atoms with Crippen LogP contribution in [-0.4, -0.2) is 5.11 Å². The molecule has 1 aliphatic rings. The summed E-state index contributed by atoms with van der Waals surface area (Å²) in [7, 11) is 0. The molecule has 0 saturated heterocycles. The highest BCUT2D eigenvalue weighted by molar-refractivity contribution is 5.31. The van der Waals surface area contributed by atoms with Crippen LogP contribution >= 0.6 is 0 Å². The smallest absolute Gasteiger partial charge is 0.106 e. The van der Waals surface area contributed by atoms with Crippen LogP contribution in [0, 0.1) is 11.3 Å². The fourth-order valence-corrected chi connectivity index (χ4v) is 0.482. The van der Waals surface area contributed by atoms with E-state index in [0.29, 0.717) is 12.0 Å². The normalized spacial score (nSPS) is 18.1. The number of allylic oxidation sites excluding steroid dienone is 2. The lowest BCUT2D eigenvalue weighted by Crippen LogP contribution is -1.99. The Balaban J connectivity index is 2.76. The Hall–Kier alpha value is -0.970. The van der Waals surface area contributed by atoms with Crippen molar-refractivity contribution in [2.75, 3.05) is 0 Å². The molecule has 0 heterocycles. The highest BCUT2D eigenvalue weighted by Crippen LogP contribution is 2.23. The maximum absolute atomic E-state index is 8.56. The van der Waals surface area contributed by atoms with Crippen molar-refractivity contribution >= 4 is 0 Å². The van der Waals surface area contributed by atoms with Crippen LogP contribution in [0.15, 0.2) is 11.3 Å². The van der Waals surface area contributed by atoms with Crippen molar-refractivity contribution < 1.29 is 5.11 Å². The Morgan fingerprint density at radius 2 is 2.29 bits per heavy atom. The third-order valence-electron chi connectivity index (χ3n) is 1.10. The Kier molecular flexibility index (Phi) is 0.759. The van der Waals surface area contributed by atoms with Crippen LogP contribution in [0.25, 0.3) is 0 Å². The van der Waals surface area contributed by atoms with Gasteiger partial charge in [0.15, 0.2) is 0 Å². The van der Waals surface area contributed by atoms with E-state index in [4.69, 9.17) is 10.4 Å². The SMILES string of the molecule is N#CC1=C(O)CC1. The summed E-state index contributed by atoms with van der Waals surface area (Å²) in [5.74, 6) is 0.280. The molecule has 1 aliphatic carbocycles. The third kappa shape index (κ3) is 0.459. The van der Waals surface area contributed by atoms with E-state index < -0.39 is 0 Å². The van der Waals surface area contributed by atoms with Crippen LogP contribution in [0.3, 0.4) is 0 Å². The number of hydrogen-bond acceptors (Lipinski definition) is 2. The van der Waals surface area contributed by atoms with Crippen molar-refractivity contribution in [3.63, 3.8) is 0 Å². The Morgan fingerprint density at radius 3 is 2.29 bits per heavy atom. The Labute approximate surface area is 41.7 Å². The largest absolute Gasteiger partial charge is 0.511 e. The van der Waals surface area contributed by atoms with Gasteiger partial charge in [-0.15, -0.1) is 0 Å². The van der Waals surface area contributed by atoms with Gasteiger partial charge >= 0.3 is 0 Å². The molecule has 0 aromatic heterocycles. The van der Waals surface area contributed by atoms with Crippen molar-refractivity contribution in [3.05, 3.63) is 11.3 Å². The molecule has 0 radical (unpaired) electrons. The molecule has 0 aromatic rings. The molecule has 2 heteroatoms. The van der Waals surface area contributed by atoms with Crippen LogP contribution in [0.5, 0.6) is 0 Å². The van der Waals surface area contributed by atoms with E-state index in [0.717, 1.165) is 6.42 Å². The first kappa shape index (κ1) is 4.20. The first-order valence-electron chi connectivity index (χ1n) is 2.15. The van der Waals surface area contributed by atoms with E-state index in [1.54, 1.807) is 0 Å². The molecule has 0 fully saturated rings. The van der Waals surface area contributed by atoms with Gasteiger partial charge in [0.25, 0.3) is 0 Å². The summed E-state index contributed by atoms with van der Waals surface area (Å²) in [4.78, 5) is 0. The summed E-state index contributed by atoms with van der Waals surface area (Å²) in [5, 5.41) is 16.7. The topological polar surface area (TPSA) is 44.0 Å². The van der Waals surface area contributed by atoms with Crippen LogP contribution < -0.4 is 0 Å². The maximum atomic E-state index is 8.56. The third-order valence-corrected chi connectivity index (χ3v) is 1.10. The lowest BCUT2D eigenvalue weighted by Gasteiger charge is -2.09. The fourth-order valence-electron chi connectivity index (χ4n) is 0.482. The zero-order chi connectivity index (χ0) is 5.28. The van der Waals surface area contributed by atoms with Crippen molar-refractivity contribution in [3.8, 4) is 6.07 Å². The summed E-state index contributed by atoms with van der Waals surface area (Å²) in [6, 6.07) is 1.88. The van der Waals surface area contributed by atoms with E-state index in [1.165, 1.54) is 0 Å². The number of hydrogen-bond donors (Lipinski definition) is 1. The van der Waals surface area contributed by atoms with Crippen molar-refractivity contribution in [1.29, 1.82) is 5.26 Å². The van der Waals surface area contributed by atoms with E-state index in [9.17, 15) is 0 Å². The minimum absolute atomic E-state index is 0.280. The lowest BCUT2D eigenvalue weighted by molar-refractivity contribution is 0.356. The van der Waals surface area contributed by atoms with Crippen LogP contribution in [-0.2, 0) is 0 Å². The molecule has 0 saturated carbocycles. The van der Waals surface area contributed by atoms with E-state index in [2.05, 4.69) is 0 Å². The summed E-state index contributed by atoms with van der Waals surface area (Å²) in [6.07, 6.45) is 1.46. The molecule has 0 bridgehead atoms. The molecule has 0 aliphatic heterocycles. The second-order valence-electron chi connectivity index (χ2n) is 1.54. The molecule has 1 N–H and O–H groups in total. The number of nitriles is 1. The molecule has 36 valence electrons. The van der Waals surface area contributed by atoms with Gasteiger partial charge in [0.2, 0.25) is 0 Å². The van der Waals surface area contributed by atoms with Crippen LogP contribution in [0.2, 0.25) is 0 Å². The second kappa shape index (κ2) is 1.27. The lowest BCUT2D eigenvalue weighted by atomic mass is 9.98. The summed E-state index contributed by atoms with van der Waals surface area (Å²) in [5.41, 5.74) is 0.556. The molecule has 0 amide bonds. The minimum atomic E-state index is 0.280. The highest BCUT2D eigenvalue weighted by Gasteiger charge is 2.14. The van der Waals surface area contributed by atoms with Gasteiger partial charge in [0, 0.05) is 6.42 Å². The summed E-state index contributed by atoms with van der Waals surface area (Å²) < 4.78 is 0. The Bertz CT molecular complexity index is 152. The first-order valence-corrected chi connectivity index (χ1v) is 2.15. The standard InChI is InChI=1S/C5H5NO/c6-3-4-1-2-5(4)7/h7H,1-2H2. The van der Waals surface area contributed by atoms with Gasteiger partial charge in [0.05, 0.1) is 11.6 Å².